The van der Waals surface area contributed by atoms with Gasteiger partial charge >= 0.3 is 0 Å². The predicted octanol–water partition coefficient (Wildman–Crippen LogP) is 3.47. The van der Waals surface area contributed by atoms with Crippen molar-refractivity contribution in [3.63, 3.8) is 0 Å². The van der Waals surface area contributed by atoms with E-state index in [4.69, 9.17) is 28.9 Å². The molecule has 0 bridgehead atoms. The Morgan fingerprint density at radius 3 is 2.68 bits per heavy atom. The number of hydrogen-bond donors (Lipinski definition) is 2. The Labute approximate surface area is 122 Å². The third-order valence-electron chi connectivity index (χ3n) is 3.02. The number of hydrogen-bond acceptors (Lipinski definition) is 3. The number of nitrogen functional groups attached to an aromatic ring is 1. The van der Waals surface area contributed by atoms with Gasteiger partial charge in [-0.1, -0.05) is 35.3 Å². The quantitative estimate of drug-likeness (QED) is 0.908. The maximum atomic E-state index is 6.03. The van der Waals surface area contributed by atoms with Gasteiger partial charge in [0.05, 0.1) is 10.0 Å². The molecule has 2 aromatic rings. The number of nitrogens with two attached hydrogens (primary N) is 1. The molecule has 0 aliphatic rings. The first-order valence-corrected chi connectivity index (χ1v) is 6.69. The van der Waals surface area contributed by atoms with E-state index in [1.165, 1.54) is 0 Å². The van der Waals surface area contributed by atoms with E-state index in [9.17, 15) is 0 Å². The molecule has 2 rings (SSSR count). The maximum absolute atomic E-state index is 6.03. The predicted molar refractivity (Wildman–Crippen MR) is 80.6 cm³/mol. The first-order valence-electron chi connectivity index (χ1n) is 5.93. The fourth-order valence-electron chi connectivity index (χ4n) is 1.99. The summed E-state index contributed by atoms with van der Waals surface area (Å²) in [5, 5.41) is 4.37. The highest BCUT2D eigenvalue weighted by atomic mass is 35.5. The molecule has 1 atom stereocenters. The topological polar surface area (TPSA) is 50.9 Å². The lowest BCUT2D eigenvalue weighted by molar-refractivity contribution is 0.592. The molecule has 0 aliphatic carbocycles. The lowest BCUT2D eigenvalue weighted by Gasteiger charge is -2.18. The Balaban J connectivity index is 2.24. The Morgan fingerprint density at radius 1 is 1.26 bits per heavy atom. The van der Waals surface area contributed by atoms with Crippen LogP contribution in [0.2, 0.25) is 10.0 Å². The summed E-state index contributed by atoms with van der Waals surface area (Å²) in [6.07, 6.45) is 2.45. The van der Waals surface area contributed by atoms with Gasteiger partial charge in [0.2, 0.25) is 0 Å². The number of anilines is 1. The molecule has 1 aromatic carbocycles. The van der Waals surface area contributed by atoms with Crippen molar-refractivity contribution in [1.82, 2.24) is 10.3 Å². The highest BCUT2D eigenvalue weighted by Crippen LogP contribution is 2.26. The molecule has 0 spiro atoms. The molecular formula is C14H15Cl2N3. The van der Waals surface area contributed by atoms with Crippen LogP contribution in [0.25, 0.3) is 0 Å². The molecule has 5 heteroatoms. The minimum Gasteiger partial charge on any atom is -0.383 e. The van der Waals surface area contributed by atoms with Gasteiger partial charge in [0, 0.05) is 17.8 Å². The number of benzene rings is 1. The van der Waals surface area contributed by atoms with E-state index >= 15 is 0 Å². The Kier molecular flexibility index (Phi) is 4.64. The van der Waals surface area contributed by atoms with Crippen LogP contribution in [-0.2, 0) is 6.42 Å². The second kappa shape index (κ2) is 6.24. The molecule has 0 saturated heterocycles. The zero-order chi connectivity index (χ0) is 13.8. The number of halogens is 2. The molecular weight excluding hydrogens is 281 g/mol. The molecule has 0 radical (unpaired) electrons. The van der Waals surface area contributed by atoms with Crippen LogP contribution in [0.5, 0.6) is 0 Å². The van der Waals surface area contributed by atoms with E-state index < -0.39 is 0 Å². The fraction of sp³-hybridized carbons (Fsp3) is 0.214. The second-order valence-electron chi connectivity index (χ2n) is 4.27. The molecule has 1 aromatic heterocycles. The summed E-state index contributed by atoms with van der Waals surface area (Å²) < 4.78 is 0. The highest BCUT2D eigenvalue weighted by molar-refractivity contribution is 6.42. The molecule has 0 amide bonds. The van der Waals surface area contributed by atoms with E-state index in [0.29, 0.717) is 15.9 Å². The van der Waals surface area contributed by atoms with Crippen molar-refractivity contribution in [2.24, 2.45) is 0 Å². The van der Waals surface area contributed by atoms with Crippen LogP contribution in [0, 0.1) is 0 Å². The molecule has 3 nitrogen and oxygen atoms in total. The molecule has 0 saturated carbocycles. The lowest BCUT2D eigenvalue weighted by Crippen LogP contribution is -2.20. The van der Waals surface area contributed by atoms with Crippen LogP contribution in [0.3, 0.4) is 0 Å². The summed E-state index contributed by atoms with van der Waals surface area (Å²) in [6, 6.07) is 9.59. The Hall–Kier alpha value is -1.29. The van der Waals surface area contributed by atoms with Gasteiger partial charge in [-0.3, -0.25) is 0 Å². The van der Waals surface area contributed by atoms with Crippen molar-refractivity contribution >= 4 is 29.0 Å². The molecule has 100 valence electrons. The second-order valence-corrected chi connectivity index (χ2v) is 5.09. The fourth-order valence-corrected chi connectivity index (χ4v) is 2.32. The summed E-state index contributed by atoms with van der Waals surface area (Å²) in [5.41, 5.74) is 7.98. The number of rotatable bonds is 4. The highest BCUT2D eigenvalue weighted by Gasteiger charge is 2.14. The number of pyridine rings is 1. The first-order chi connectivity index (χ1) is 9.11. The molecule has 1 unspecified atom stereocenters. The number of aromatic nitrogens is 1. The van der Waals surface area contributed by atoms with Gasteiger partial charge in [0.25, 0.3) is 0 Å². The number of likely N-dealkylation sites (N-methyl/N-ethyl adjacent to an activating group) is 1. The van der Waals surface area contributed by atoms with Crippen LogP contribution in [0.15, 0.2) is 36.5 Å². The van der Waals surface area contributed by atoms with Crippen molar-refractivity contribution in [3.8, 4) is 0 Å². The normalized spacial score (nSPS) is 12.4. The van der Waals surface area contributed by atoms with Gasteiger partial charge in [-0.25, -0.2) is 4.98 Å². The number of nitrogens with zero attached hydrogens (tertiary/aromatic N) is 1. The van der Waals surface area contributed by atoms with E-state index in [1.54, 1.807) is 12.3 Å². The third-order valence-corrected chi connectivity index (χ3v) is 3.76. The summed E-state index contributed by atoms with van der Waals surface area (Å²) in [7, 11) is 1.90. The van der Waals surface area contributed by atoms with Crippen LogP contribution in [0.4, 0.5) is 5.82 Å². The van der Waals surface area contributed by atoms with Gasteiger partial charge in [-0.2, -0.15) is 0 Å². The lowest BCUT2D eigenvalue weighted by atomic mass is 9.99. The van der Waals surface area contributed by atoms with Crippen molar-refractivity contribution in [2.75, 3.05) is 12.8 Å². The average molecular weight is 296 g/mol. The zero-order valence-corrected chi connectivity index (χ0v) is 12.0. The van der Waals surface area contributed by atoms with E-state index in [1.807, 2.05) is 31.3 Å². The summed E-state index contributed by atoms with van der Waals surface area (Å²) in [4.78, 5) is 4.11. The SMILES string of the molecule is CNC(Cc1ccc(Cl)c(Cl)c1)c1cccnc1N. The minimum absolute atomic E-state index is 0.0888. The van der Waals surface area contributed by atoms with Crippen LogP contribution < -0.4 is 11.1 Å². The Bertz CT molecular complexity index is 572. The molecule has 0 fully saturated rings. The van der Waals surface area contributed by atoms with Gasteiger partial charge < -0.3 is 11.1 Å². The van der Waals surface area contributed by atoms with E-state index in [-0.39, 0.29) is 6.04 Å². The minimum atomic E-state index is 0.0888. The van der Waals surface area contributed by atoms with E-state index in [0.717, 1.165) is 17.5 Å². The first kappa shape index (κ1) is 14.1. The molecule has 3 N–H and O–H groups in total. The van der Waals surface area contributed by atoms with Gasteiger partial charge in [-0.15, -0.1) is 0 Å². The Morgan fingerprint density at radius 2 is 2.05 bits per heavy atom. The van der Waals surface area contributed by atoms with Crippen LogP contribution in [0.1, 0.15) is 17.2 Å². The van der Waals surface area contributed by atoms with Gasteiger partial charge in [0.1, 0.15) is 5.82 Å². The third kappa shape index (κ3) is 3.38. The molecule has 1 heterocycles. The van der Waals surface area contributed by atoms with Crippen LogP contribution in [-0.4, -0.2) is 12.0 Å². The van der Waals surface area contributed by atoms with Crippen molar-refractivity contribution in [2.45, 2.75) is 12.5 Å². The largest absolute Gasteiger partial charge is 0.383 e. The summed E-state index contributed by atoms with van der Waals surface area (Å²) >= 11 is 11.9. The van der Waals surface area contributed by atoms with Crippen molar-refractivity contribution in [1.29, 1.82) is 0 Å². The monoisotopic (exact) mass is 295 g/mol. The zero-order valence-electron chi connectivity index (χ0n) is 10.5. The van der Waals surface area contributed by atoms with Crippen molar-refractivity contribution < 1.29 is 0 Å². The molecule has 19 heavy (non-hydrogen) atoms. The van der Waals surface area contributed by atoms with E-state index in [2.05, 4.69) is 10.3 Å². The molecule has 0 aliphatic heterocycles. The summed E-state index contributed by atoms with van der Waals surface area (Å²) in [6.45, 7) is 0. The van der Waals surface area contributed by atoms with Gasteiger partial charge in [-0.05, 0) is 37.2 Å². The standard InChI is InChI=1S/C14H15Cl2N3/c1-18-13(10-3-2-6-19-14(10)17)8-9-4-5-11(15)12(16)7-9/h2-7,13,18H,8H2,1H3,(H2,17,19). The maximum Gasteiger partial charge on any atom is 0.128 e. The smallest absolute Gasteiger partial charge is 0.128 e. The number of nitrogens with one attached hydrogen (secondary N) is 1. The van der Waals surface area contributed by atoms with Crippen LogP contribution >= 0.6 is 23.2 Å². The average Bonchev–Trinajstić information content (AvgIpc) is 2.41. The van der Waals surface area contributed by atoms with Gasteiger partial charge in [0.15, 0.2) is 0 Å². The summed E-state index contributed by atoms with van der Waals surface area (Å²) in [5.74, 6) is 0.543. The van der Waals surface area contributed by atoms with Crippen molar-refractivity contribution in [3.05, 3.63) is 57.7 Å².